The van der Waals surface area contributed by atoms with Crippen LogP contribution in [0.5, 0.6) is 0 Å². The first kappa shape index (κ1) is 12.4. The zero-order chi connectivity index (χ0) is 13.0. The van der Waals surface area contributed by atoms with Crippen LogP contribution in [0.25, 0.3) is 0 Å². The van der Waals surface area contributed by atoms with Crippen molar-refractivity contribution in [2.24, 2.45) is 5.92 Å². The number of hydrogen-bond acceptors (Lipinski definition) is 3. The number of rotatable bonds is 3. The van der Waals surface area contributed by atoms with E-state index in [4.69, 9.17) is 5.11 Å². The van der Waals surface area contributed by atoms with Crippen molar-refractivity contribution in [3.8, 4) is 0 Å². The van der Waals surface area contributed by atoms with Gasteiger partial charge in [-0.05, 0) is 12.8 Å². The van der Waals surface area contributed by atoms with Gasteiger partial charge in [-0.3, -0.25) is 4.79 Å². The second-order valence-electron chi connectivity index (χ2n) is 4.29. The molecule has 2 rings (SSSR count). The standard InChI is InChI=1S/C11H16N4O3/c16-10(17)8-1-5-15(6-2-8)11(18)14-7-9-12-3-4-13-9/h3-4,8H,1-2,5-7H2,(H,12,13)(H,14,18)(H,16,17). The number of carboxylic acids is 1. The van der Waals surface area contributed by atoms with Crippen molar-refractivity contribution in [3.05, 3.63) is 18.2 Å². The van der Waals surface area contributed by atoms with Gasteiger partial charge in [-0.1, -0.05) is 0 Å². The number of aromatic amines is 1. The minimum absolute atomic E-state index is 0.171. The Labute approximate surface area is 104 Å². The van der Waals surface area contributed by atoms with Crippen LogP contribution < -0.4 is 5.32 Å². The number of urea groups is 1. The summed E-state index contributed by atoms with van der Waals surface area (Å²) < 4.78 is 0. The fourth-order valence-corrected chi connectivity index (χ4v) is 2.00. The lowest BCUT2D eigenvalue weighted by atomic mass is 9.97. The number of nitrogens with one attached hydrogen (secondary N) is 2. The van der Waals surface area contributed by atoms with Gasteiger partial charge in [0.25, 0.3) is 0 Å². The summed E-state index contributed by atoms with van der Waals surface area (Å²) in [4.78, 5) is 31.1. The first-order valence-corrected chi connectivity index (χ1v) is 5.90. The highest BCUT2D eigenvalue weighted by Gasteiger charge is 2.26. The Balaban J connectivity index is 1.75. The van der Waals surface area contributed by atoms with Crippen LogP contribution in [0.2, 0.25) is 0 Å². The molecule has 1 saturated heterocycles. The van der Waals surface area contributed by atoms with E-state index in [1.165, 1.54) is 0 Å². The van der Waals surface area contributed by atoms with Crippen molar-refractivity contribution in [1.29, 1.82) is 0 Å². The SMILES string of the molecule is O=C(O)C1CCN(C(=O)NCc2ncc[nH]2)CC1. The predicted molar refractivity (Wildman–Crippen MR) is 62.8 cm³/mol. The smallest absolute Gasteiger partial charge is 0.317 e. The van der Waals surface area contributed by atoms with Gasteiger partial charge in [0.2, 0.25) is 0 Å². The Morgan fingerprint density at radius 1 is 1.50 bits per heavy atom. The van der Waals surface area contributed by atoms with E-state index >= 15 is 0 Å². The minimum Gasteiger partial charge on any atom is -0.481 e. The van der Waals surface area contributed by atoms with Crippen molar-refractivity contribution in [1.82, 2.24) is 20.2 Å². The molecule has 7 nitrogen and oxygen atoms in total. The third-order valence-electron chi connectivity index (χ3n) is 3.09. The number of carboxylic acid groups (broad SMARTS) is 1. The van der Waals surface area contributed by atoms with E-state index < -0.39 is 5.97 Å². The van der Waals surface area contributed by atoms with Gasteiger partial charge in [0, 0.05) is 25.5 Å². The fraction of sp³-hybridized carbons (Fsp3) is 0.545. The number of carbonyl (C=O) groups excluding carboxylic acids is 1. The Hall–Kier alpha value is -2.05. The highest BCUT2D eigenvalue weighted by molar-refractivity contribution is 5.75. The highest BCUT2D eigenvalue weighted by Crippen LogP contribution is 2.17. The molecule has 0 aromatic carbocycles. The average molecular weight is 252 g/mol. The lowest BCUT2D eigenvalue weighted by molar-refractivity contribution is -0.143. The Bertz CT molecular complexity index is 410. The molecule has 1 aromatic rings. The molecule has 0 atom stereocenters. The number of nitrogens with zero attached hydrogens (tertiary/aromatic N) is 2. The van der Waals surface area contributed by atoms with E-state index in [0.717, 1.165) is 0 Å². The Morgan fingerprint density at radius 2 is 2.22 bits per heavy atom. The first-order valence-electron chi connectivity index (χ1n) is 5.90. The number of amides is 2. The van der Waals surface area contributed by atoms with Crippen LogP contribution >= 0.6 is 0 Å². The molecule has 2 heterocycles. The van der Waals surface area contributed by atoms with Gasteiger partial charge in [-0.15, -0.1) is 0 Å². The number of likely N-dealkylation sites (tertiary alicyclic amines) is 1. The van der Waals surface area contributed by atoms with E-state index in [2.05, 4.69) is 15.3 Å². The van der Waals surface area contributed by atoms with Crippen LogP contribution in [-0.4, -0.2) is 45.1 Å². The average Bonchev–Trinajstić information content (AvgIpc) is 2.89. The molecule has 1 aliphatic rings. The molecule has 0 spiro atoms. The first-order chi connectivity index (χ1) is 8.66. The van der Waals surface area contributed by atoms with Gasteiger partial charge in [-0.2, -0.15) is 0 Å². The van der Waals surface area contributed by atoms with Crippen LogP contribution in [0.3, 0.4) is 0 Å². The molecule has 0 bridgehead atoms. The van der Waals surface area contributed by atoms with E-state index in [9.17, 15) is 9.59 Å². The summed E-state index contributed by atoms with van der Waals surface area (Å²) in [6.45, 7) is 1.33. The van der Waals surface area contributed by atoms with Crippen molar-refractivity contribution >= 4 is 12.0 Å². The summed E-state index contributed by atoms with van der Waals surface area (Å²) in [5.41, 5.74) is 0. The van der Waals surface area contributed by atoms with E-state index in [-0.39, 0.29) is 11.9 Å². The van der Waals surface area contributed by atoms with Crippen LogP contribution in [0, 0.1) is 5.92 Å². The normalized spacial score (nSPS) is 16.6. The summed E-state index contributed by atoms with van der Waals surface area (Å²) in [7, 11) is 0. The number of carbonyl (C=O) groups is 2. The van der Waals surface area contributed by atoms with Gasteiger partial charge < -0.3 is 20.3 Å². The largest absolute Gasteiger partial charge is 0.481 e. The van der Waals surface area contributed by atoms with Gasteiger partial charge in [0.05, 0.1) is 12.5 Å². The van der Waals surface area contributed by atoms with Gasteiger partial charge in [0.15, 0.2) is 0 Å². The minimum atomic E-state index is -0.773. The molecule has 1 fully saturated rings. The molecule has 0 unspecified atom stereocenters. The van der Waals surface area contributed by atoms with Crippen LogP contribution in [-0.2, 0) is 11.3 Å². The monoisotopic (exact) mass is 252 g/mol. The van der Waals surface area contributed by atoms with Crippen LogP contribution in [0.4, 0.5) is 4.79 Å². The number of aliphatic carboxylic acids is 1. The fourth-order valence-electron chi connectivity index (χ4n) is 2.00. The molecule has 18 heavy (non-hydrogen) atoms. The van der Waals surface area contributed by atoms with Crippen LogP contribution in [0.1, 0.15) is 18.7 Å². The topological polar surface area (TPSA) is 98.3 Å². The zero-order valence-electron chi connectivity index (χ0n) is 9.93. The molecule has 1 aromatic heterocycles. The predicted octanol–water partition coefficient (Wildman–Crippen LogP) is 0.416. The van der Waals surface area contributed by atoms with E-state index in [1.807, 2.05) is 0 Å². The molecule has 98 valence electrons. The number of aromatic nitrogens is 2. The lowest BCUT2D eigenvalue weighted by Gasteiger charge is -2.30. The summed E-state index contributed by atoms with van der Waals surface area (Å²) in [6.07, 6.45) is 4.35. The summed E-state index contributed by atoms with van der Waals surface area (Å²) in [5, 5.41) is 11.6. The second kappa shape index (κ2) is 5.52. The molecular weight excluding hydrogens is 236 g/mol. The molecular formula is C11H16N4O3. The zero-order valence-corrected chi connectivity index (χ0v) is 9.93. The third-order valence-corrected chi connectivity index (χ3v) is 3.09. The molecule has 0 saturated carbocycles. The number of piperidine rings is 1. The van der Waals surface area contributed by atoms with Gasteiger partial charge in [0.1, 0.15) is 5.82 Å². The second-order valence-corrected chi connectivity index (χ2v) is 4.29. The Morgan fingerprint density at radius 3 is 2.78 bits per heavy atom. The summed E-state index contributed by atoms with van der Waals surface area (Å²) in [6, 6.07) is -0.171. The van der Waals surface area contributed by atoms with Crippen molar-refractivity contribution in [2.45, 2.75) is 19.4 Å². The van der Waals surface area contributed by atoms with E-state index in [0.29, 0.717) is 38.3 Å². The molecule has 0 aliphatic carbocycles. The van der Waals surface area contributed by atoms with Gasteiger partial charge >= 0.3 is 12.0 Å². The van der Waals surface area contributed by atoms with Crippen LogP contribution in [0.15, 0.2) is 12.4 Å². The van der Waals surface area contributed by atoms with Crippen molar-refractivity contribution < 1.29 is 14.7 Å². The molecule has 0 radical (unpaired) electrons. The van der Waals surface area contributed by atoms with Crippen molar-refractivity contribution in [3.63, 3.8) is 0 Å². The number of H-pyrrole nitrogens is 1. The maximum Gasteiger partial charge on any atom is 0.317 e. The third kappa shape index (κ3) is 2.99. The number of hydrogen-bond donors (Lipinski definition) is 3. The maximum absolute atomic E-state index is 11.8. The number of imidazole rings is 1. The van der Waals surface area contributed by atoms with Crippen molar-refractivity contribution in [2.75, 3.05) is 13.1 Å². The summed E-state index contributed by atoms with van der Waals surface area (Å²) >= 11 is 0. The molecule has 1 aliphatic heterocycles. The molecule has 3 N–H and O–H groups in total. The lowest BCUT2D eigenvalue weighted by Crippen LogP contribution is -2.45. The van der Waals surface area contributed by atoms with Gasteiger partial charge in [-0.25, -0.2) is 9.78 Å². The maximum atomic E-state index is 11.8. The molecule has 7 heteroatoms. The Kier molecular flexibility index (Phi) is 3.81. The summed E-state index contributed by atoms with van der Waals surface area (Å²) in [5.74, 6) is -0.395. The highest BCUT2D eigenvalue weighted by atomic mass is 16.4. The van der Waals surface area contributed by atoms with E-state index in [1.54, 1.807) is 17.3 Å². The molecule has 2 amide bonds. The quantitative estimate of drug-likeness (QED) is 0.725.